The first-order valence-corrected chi connectivity index (χ1v) is 9.26. The number of amides is 1. The predicted octanol–water partition coefficient (Wildman–Crippen LogP) is 4.08. The summed E-state index contributed by atoms with van der Waals surface area (Å²) in [6.45, 7) is 3.42. The summed E-state index contributed by atoms with van der Waals surface area (Å²) in [5.74, 6) is 0.241. The number of carbonyl (C=O) groups is 1. The molecule has 1 amide bonds. The van der Waals surface area contributed by atoms with Crippen molar-refractivity contribution in [2.24, 2.45) is 5.92 Å². The van der Waals surface area contributed by atoms with E-state index in [-0.39, 0.29) is 18.4 Å². The third-order valence-electron chi connectivity index (χ3n) is 5.23. The van der Waals surface area contributed by atoms with Gasteiger partial charge in [-0.15, -0.1) is 0 Å². The Bertz CT molecular complexity index is 785. The van der Waals surface area contributed by atoms with E-state index in [1.807, 2.05) is 17.9 Å². The van der Waals surface area contributed by atoms with Gasteiger partial charge in [-0.3, -0.25) is 9.48 Å². The molecule has 1 aliphatic rings. The first-order chi connectivity index (χ1) is 12.8. The Labute approximate surface area is 157 Å². The zero-order valence-electron chi connectivity index (χ0n) is 15.4. The molecule has 1 saturated heterocycles. The van der Waals surface area contributed by atoms with E-state index in [1.165, 1.54) is 6.07 Å². The summed E-state index contributed by atoms with van der Waals surface area (Å²) < 4.78 is 41.1. The van der Waals surface area contributed by atoms with Gasteiger partial charge in [0.1, 0.15) is 6.54 Å². The molecule has 146 valence electrons. The van der Waals surface area contributed by atoms with E-state index in [4.69, 9.17) is 0 Å². The lowest BCUT2D eigenvalue weighted by molar-refractivity contribution is -0.138. The Morgan fingerprint density at radius 2 is 2.04 bits per heavy atom. The number of piperidine rings is 1. The number of rotatable bonds is 5. The van der Waals surface area contributed by atoms with Gasteiger partial charge in [-0.1, -0.05) is 18.2 Å². The molecule has 0 bridgehead atoms. The van der Waals surface area contributed by atoms with Crippen LogP contribution in [-0.4, -0.2) is 33.7 Å². The van der Waals surface area contributed by atoms with Gasteiger partial charge in [-0.2, -0.15) is 18.3 Å². The van der Waals surface area contributed by atoms with Crippen LogP contribution in [-0.2, 0) is 23.9 Å². The van der Waals surface area contributed by atoms with Gasteiger partial charge in [0.2, 0.25) is 5.91 Å². The highest BCUT2D eigenvalue weighted by Crippen LogP contribution is 2.33. The zero-order chi connectivity index (χ0) is 19.4. The Morgan fingerprint density at radius 3 is 2.74 bits per heavy atom. The molecule has 3 rings (SSSR count). The largest absolute Gasteiger partial charge is 0.416 e. The number of alkyl halides is 3. The lowest BCUT2D eigenvalue weighted by atomic mass is 9.90. The van der Waals surface area contributed by atoms with Gasteiger partial charge < -0.3 is 4.90 Å². The van der Waals surface area contributed by atoms with Gasteiger partial charge in [-0.05, 0) is 56.2 Å². The monoisotopic (exact) mass is 379 g/mol. The van der Waals surface area contributed by atoms with Crippen LogP contribution >= 0.6 is 0 Å². The van der Waals surface area contributed by atoms with Gasteiger partial charge >= 0.3 is 6.18 Å². The average Bonchev–Trinajstić information content (AvgIpc) is 3.04. The second-order valence-corrected chi connectivity index (χ2v) is 7.17. The molecular formula is C20H24F3N3O. The normalized spacial score (nSPS) is 17.9. The van der Waals surface area contributed by atoms with E-state index in [0.717, 1.165) is 24.6 Å². The van der Waals surface area contributed by atoms with Crippen LogP contribution in [0.25, 0.3) is 0 Å². The highest BCUT2D eigenvalue weighted by Gasteiger charge is 2.33. The maximum Gasteiger partial charge on any atom is 0.416 e. The summed E-state index contributed by atoms with van der Waals surface area (Å²) in [6.07, 6.45) is 0.193. The minimum absolute atomic E-state index is 0.0159. The van der Waals surface area contributed by atoms with E-state index < -0.39 is 11.7 Å². The molecule has 2 heterocycles. The Hall–Kier alpha value is -2.31. The summed E-state index contributed by atoms with van der Waals surface area (Å²) in [5.41, 5.74) is 0.712. The second-order valence-electron chi connectivity index (χ2n) is 7.17. The second kappa shape index (κ2) is 8.15. The first kappa shape index (κ1) is 19.5. The van der Waals surface area contributed by atoms with Gasteiger partial charge in [0.15, 0.2) is 0 Å². The van der Waals surface area contributed by atoms with Crippen molar-refractivity contribution < 1.29 is 18.0 Å². The van der Waals surface area contributed by atoms with Crippen molar-refractivity contribution >= 4 is 5.91 Å². The van der Waals surface area contributed by atoms with E-state index in [9.17, 15) is 18.0 Å². The zero-order valence-corrected chi connectivity index (χ0v) is 15.4. The smallest absolute Gasteiger partial charge is 0.341 e. The Morgan fingerprint density at radius 1 is 1.26 bits per heavy atom. The summed E-state index contributed by atoms with van der Waals surface area (Å²) >= 11 is 0. The number of aryl methyl sites for hydroxylation is 2. The molecule has 27 heavy (non-hydrogen) atoms. The highest BCUT2D eigenvalue weighted by atomic mass is 19.4. The molecular weight excluding hydrogens is 355 g/mol. The lowest BCUT2D eigenvalue weighted by Crippen LogP contribution is -2.41. The van der Waals surface area contributed by atoms with E-state index in [0.29, 0.717) is 31.5 Å². The van der Waals surface area contributed by atoms with Crippen LogP contribution in [0.1, 0.15) is 36.1 Å². The van der Waals surface area contributed by atoms with Crippen molar-refractivity contribution in [3.63, 3.8) is 0 Å². The number of hydrogen-bond acceptors (Lipinski definition) is 2. The number of carbonyl (C=O) groups excluding carboxylic acids is 1. The average molecular weight is 379 g/mol. The first-order valence-electron chi connectivity index (χ1n) is 9.26. The molecule has 1 aromatic heterocycles. The minimum atomic E-state index is -4.33. The number of nitrogens with zero attached hydrogens (tertiary/aromatic N) is 3. The maximum absolute atomic E-state index is 13.1. The molecule has 4 nitrogen and oxygen atoms in total. The molecule has 0 radical (unpaired) electrons. The number of benzene rings is 1. The van der Waals surface area contributed by atoms with Crippen LogP contribution < -0.4 is 0 Å². The van der Waals surface area contributed by atoms with Crippen molar-refractivity contribution in [2.45, 2.75) is 45.3 Å². The molecule has 0 saturated carbocycles. The highest BCUT2D eigenvalue weighted by molar-refractivity contribution is 5.76. The standard InChI is InChI=1S/C20H24F3N3O/c1-15-10-11-24-26(15)14-19(27)25-12-4-5-16(13-25)8-9-17-6-2-3-7-18(17)20(21,22)23/h2-3,6-7,10-11,16H,4-5,8-9,12-14H2,1H3/t16-/m0/s1. The van der Waals surface area contributed by atoms with Gasteiger partial charge in [0, 0.05) is 25.0 Å². The third kappa shape index (κ3) is 4.90. The fourth-order valence-electron chi connectivity index (χ4n) is 3.69. The third-order valence-corrected chi connectivity index (χ3v) is 5.23. The van der Waals surface area contributed by atoms with Crippen molar-refractivity contribution in [3.8, 4) is 0 Å². The molecule has 0 aliphatic carbocycles. The molecule has 1 aromatic carbocycles. The molecule has 1 aliphatic heterocycles. The lowest BCUT2D eigenvalue weighted by Gasteiger charge is -2.33. The molecule has 0 N–H and O–H groups in total. The van der Waals surface area contributed by atoms with Gasteiger partial charge in [0.25, 0.3) is 0 Å². The molecule has 1 fully saturated rings. The van der Waals surface area contributed by atoms with Crippen molar-refractivity contribution in [1.29, 1.82) is 0 Å². The van der Waals surface area contributed by atoms with Crippen molar-refractivity contribution in [1.82, 2.24) is 14.7 Å². The fourth-order valence-corrected chi connectivity index (χ4v) is 3.69. The number of likely N-dealkylation sites (tertiary alicyclic amines) is 1. The van der Waals surface area contributed by atoms with Crippen molar-refractivity contribution in [3.05, 3.63) is 53.3 Å². The Kier molecular flexibility index (Phi) is 5.87. The summed E-state index contributed by atoms with van der Waals surface area (Å²) in [7, 11) is 0. The van der Waals surface area contributed by atoms with E-state index in [2.05, 4.69) is 5.10 Å². The number of halogens is 3. The van der Waals surface area contributed by atoms with E-state index >= 15 is 0 Å². The summed E-state index contributed by atoms with van der Waals surface area (Å²) in [6, 6.07) is 7.61. The van der Waals surface area contributed by atoms with Crippen LogP contribution in [0.15, 0.2) is 36.5 Å². The molecule has 7 heteroatoms. The predicted molar refractivity (Wildman–Crippen MR) is 96.0 cm³/mol. The quantitative estimate of drug-likeness (QED) is 0.785. The minimum Gasteiger partial charge on any atom is -0.341 e. The molecule has 2 aromatic rings. The van der Waals surface area contributed by atoms with Crippen LogP contribution in [0, 0.1) is 12.8 Å². The van der Waals surface area contributed by atoms with Crippen LogP contribution in [0.5, 0.6) is 0 Å². The SMILES string of the molecule is Cc1ccnn1CC(=O)N1CCC[C@@H](CCc2ccccc2C(F)(F)F)C1. The fraction of sp³-hybridized carbons (Fsp3) is 0.500. The van der Waals surface area contributed by atoms with Crippen LogP contribution in [0.4, 0.5) is 13.2 Å². The van der Waals surface area contributed by atoms with Crippen LogP contribution in [0.3, 0.4) is 0 Å². The van der Waals surface area contributed by atoms with Crippen molar-refractivity contribution in [2.75, 3.05) is 13.1 Å². The maximum atomic E-state index is 13.1. The van der Waals surface area contributed by atoms with Gasteiger partial charge in [-0.25, -0.2) is 0 Å². The van der Waals surface area contributed by atoms with Gasteiger partial charge in [0.05, 0.1) is 5.56 Å². The van der Waals surface area contributed by atoms with E-state index in [1.54, 1.807) is 23.0 Å². The number of hydrogen-bond donors (Lipinski definition) is 0. The molecule has 0 unspecified atom stereocenters. The van der Waals surface area contributed by atoms with Crippen LogP contribution in [0.2, 0.25) is 0 Å². The molecule has 0 spiro atoms. The topological polar surface area (TPSA) is 38.1 Å². The summed E-state index contributed by atoms with van der Waals surface area (Å²) in [4.78, 5) is 14.4. The summed E-state index contributed by atoms with van der Waals surface area (Å²) in [5, 5.41) is 4.14. The number of aromatic nitrogens is 2. The Balaban J connectivity index is 1.58. The molecule has 1 atom stereocenters.